The van der Waals surface area contributed by atoms with Gasteiger partial charge in [-0.05, 0) is 40.5 Å². The van der Waals surface area contributed by atoms with Crippen LogP contribution in [-0.2, 0) is 4.74 Å². The summed E-state index contributed by atoms with van der Waals surface area (Å²) < 4.78 is 5.18. The van der Waals surface area contributed by atoms with Crippen molar-refractivity contribution in [3.8, 4) is 0 Å². The average molecular weight is 291 g/mol. The number of thioether (sulfide) groups is 1. The number of likely N-dealkylation sites (N-methyl/N-ethyl adjacent to an activating group) is 1. The molecule has 1 unspecified atom stereocenters. The molecular formula is C13H29N3O2S. The molecule has 0 aromatic carbocycles. The van der Waals surface area contributed by atoms with Crippen molar-refractivity contribution in [2.24, 2.45) is 5.73 Å². The zero-order chi connectivity index (χ0) is 14.9. The summed E-state index contributed by atoms with van der Waals surface area (Å²) in [5, 5.41) is 2.77. The van der Waals surface area contributed by atoms with Crippen molar-refractivity contribution in [2.45, 2.75) is 38.8 Å². The van der Waals surface area contributed by atoms with Gasteiger partial charge in [0.05, 0.1) is 0 Å². The zero-order valence-electron chi connectivity index (χ0n) is 12.9. The van der Waals surface area contributed by atoms with E-state index >= 15 is 0 Å². The maximum atomic E-state index is 11.5. The van der Waals surface area contributed by atoms with Crippen LogP contribution in [0.5, 0.6) is 0 Å². The number of nitrogens with two attached hydrogens (primary N) is 1. The first-order valence-electron chi connectivity index (χ1n) is 6.66. The minimum Gasteiger partial charge on any atom is -0.444 e. The van der Waals surface area contributed by atoms with Crippen molar-refractivity contribution in [1.82, 2.24) is 10.2 Å². The van der Waals surface area contributed by atoms with Crippen LogP contribution >= 0.6 is 11.8 Å². The van der Waals surface area contributed by atoms with Crippen LogP contribution in [0.2, 0.25) is 0 Å². The topological polar surface area (TPSA) is 67.6 Å². The molecule has 0 rings (SSSR count). The molecule has 114 valence electrons. The van der Waals surface area contributed by atoms with E-state index in [0.29, 0.717) is 19.1 Å². The van der Waals surface area contributed by atoms with Crippen LogP contribution in [0.4, 0.5) is 4.79 Å². The van der Waals surface area contributed by atoms with E-state index in [2.05, 4.69) is 23.5 Å². The molecule has 0 aliphatic rings. The van der Waals surface area contributed by atoms with Gasteiger partial charge < -0.3 is 20.7 Å². The van der Waals surface area contributed by atoms with Gasteiger partial charge in [0.2, 0.25) is 0 Å². The van der Waals surface area contributed by atoms with E-state index in [0.717, 1.165) is 18.7 Å². The second-order valence-corrected chi connectivity index (χ2v) is 6.57. The molecule has 0 saturated heterocycles. The lowest BCUT2D eigenvalue weighted by Gasteiger charge is -2.27. The summed E-state index contributed by atoms with van der Waals surface area (Å²) in [6.45, 7) is 7.75. The van der Waals surface area contributed by atoms with E-state index in [4.69, 9.17) is 10.5 Å². The molecule has 0 fully saturated rings. The number of nitrogens with one attached hydrogen (secondary N) is 1. The molecule has 0 aromatic heterocycles. The van der Waals surface area contributed by atoms with E-state index in [1.165, 1.54) is 0 Å². The number of ether oxygens (including phenoxy) is 1. The predicted octanol–water partition coefficient (Wildman–Crippen LogP) is 1.52. The third-order valence-corrected chi connectivity index (χ3v) is 3.28. The van der Waals surface area contributed by atoms with Crippen molar-refractivity contribution in [1.29, 1.82) is 0 Å². The van der Waals surface area contributed by atoms with Gasteiger partial charge in [-0.3, -0.25) is 0 Å². The van der Waals surface area contributed by atoms with Crippen LogP contribution in [0.3, 0.4) is 0 Å². The molecule has 5 nitrogen and oxygen atoms in total. The van der Waals surface area contributed by atoms with Crippen molar-refractivity contribution in [3.63, 3.8) is 0 Å². The van der Waals surface area contributed by atoms with Gasteiger partial charge in [0.25, 0.3) is 0 Å². The van der Waals surface area contributed by atoms with E-state index in [1.807, 2.05) is 32.5 Å². The number of nitrogens with zero attached hydrogens (tertiary/aromatic N) is 1. The Balaban J connectivity index is 3.92. The minimum atomic E-state index is -0.452. The van der Waals surface area contributed by atoms with Gasteiger partial charge in [0.1, 0.15) is 5.60 Å². The van der Waals surface area contributed by atoms with Crippen LogP contribution in [0.15, 0.2) is 0 Å². The van der Waals surface area contributed by atoms with Crippen LogP contribution in [-0.4, -0.2) is 61.3 Å². The highest BCUT2D eigenvalue weighted by Crippen LogP contribution is 2.07. The van der Waals surface area contributed by atoms with Crippen molar-refractivity contribution in [2.75, 3.05) is 38.7 Å². The van der Waals surface area contributed by atoms with Crippen LogP contribution in [0, 0.1) is 0 Å². The molecule has 19 heavy (non-hydrogen) atoms. The maximum Gasteiger partial charge on any atom is 0.407 e. The Morgan fingerprint density at radius 2 is 2.11 bits per heavy atom. The molecule has 1 atom stereocenters. The molecule has 0 saturated carbocycles. The number of carbonyl (C=O) groups excluding carboxylic acids is 1. The van der Waals surface area contributed by atoms with Gasteiger partial charge in [-0.15, -0.1) is 0 Å². The Kier molecular flexibility index (Phi) is 9.22. The van der Waals surface area contributed by atoms with Gasteiger partial charge >= 0.3 is 6.09 Å². The first-order valence-corrected chi connectivity index (χ1v) is 8.05. The molecule has 0 spiro atoms. The lowest BCUT2D eigenvalue weighted by Crippen LogP contribution is -2.42. The summed E-state index contributed by atoms with van der Waals surface area (Å²) in [4.78, 5) is 13.7. The molecular weight excluding hydrogens is 262 g/mol. The predicted molar refractivity (Wildman–Crippen MR) is 82.7 cm³/mol. The summed E-state index contributed by atoms with van der Waals surface area (Å²) in [5.74, 6) is 1.09. The minimum absolute atomic E-state index is 0.294. The van der Waals surface area contributed by atoms with E-state index in [1.54, 1.807) is 0 Å². The molecule has 0 aromatic rings. The smallest absolute Gasteiger partial charge is 0.407 e. The summed E-state index contributed by atoms with van der Waals surface area (Å²) in [6, 6.07) is 0.294. The number of amides is 1. The standard InChI is InChI=1S/C13H29N3O2S/c1-13(2,3)18-12(17)15-7-6-11(10-14)16(4)8-9-19-5/h11H,6-10,14H2,1-5H3,(H,15,17). The van der Waals surface area contributed by atoms with Crippen molar-refractivity contribution >= 4 is 17.9 Å². The van der Waals surface area contributed by atoms with Gasteiger partial charge in [-0.25, -0.2) is 4.79 Å². The summed E-state index contributed by atoms with van der Waals surface area (Å²) in [7, 11) is 2.07. The molecule has 1 amide bonds. The van der Waals surface area contributed by atoms with Crippen LogP contribution in [0.1, 0.15) is 27.2 Å². The Morgan fingerprint density at radius 3 is 2.58 bits per heavy atom. The molecule has 0 aliphatic heterocycles. The third kappa shape index (κ3) is 10.0. The molecule has 6 heteroatoms. The van der Waals surface area contributed by atoms with E-state index in [-0.39, 0.29) is 6.09 Å². The van der Waals surface area contributed by atoms with Crippen molar-refractivity contribution < 1.29 is 9.53 Å². The molecule has 0 radical (unpaired) electrons. The molecule has 0 aliphatic carbocycles. The monoisotopic (exact) mass is 291 g/mol. The summed E-state index contributed by atoms with van der Waals surface area (Å²) in [6.07, 6.45) is 2.56. The third-order valence-electron chi connectivity index (χ3n) is 2.69. The first-order chi connectivity index (χ1) is 8.80. The Morgan fingerprint density at radius 1 is 1.47 bits per heavy atom. The second-order valence-electron chi connectivity index (χ2n) is 5.58. The van der Waals surface area contributed by atoms with Crippen LogP contribution in [0.25, 0.3) is 0 Å². The number of alkyl carbamates (subject to hydrolysis) is 1. The van der Waals surface area contributed by atoms with Gasteiger partial charge in [0, 0.05) is 31.4 Å². The largest absolute Gasteiger partial charge is 0.444 e. The molecule has 0 heterocycles. The van der Waals surface area contributed by atoms with Gasteiger partial charge in [-0.2, -0.15) is 11.8 Å². The average Bonchev–Trinajstić information content (AvgIpc) is 2.29. The highest BCUT2D eigenvalue weighted by Gasteiger charge is 2.17. The van der Waals surface area contributed by atoms with Gasteiger partial charge in [0.15, 0.2) is 0 Å². The number of hydrogen-bond donors (Lipinski definition) is 2. The molecule has 0 bridgehead atoms. The highest BCUT2D eigenvalue weighted by atomic mass is 32.2. The van der Waals surface area contributed by atoms with Crippen molar-refractivity contribution in [3.05, 3.63) is 0 Å². The highest BCUT2D eigenvalue weighted by molar-refractivity contribution is 7.98. The first kappa shape index (κ1) is 18.5. The molecule has 3 N–H and O–H groups in total. The zero-order valence-corrected chi connectivity index (χ0v) is 13.7. The second kappa shape index (κ2) is 9.44. The number of carbonyl (C=O) groups is 1. The van der Waals surface area contributed by atoms with Crippen LogP contribution < -0.4 is 11.1 Å². The fraction of sp³-hybridized carbons (Fsp3) is 0.923. The summed E-state index contributed by atoms with van der Waals surface area (Å²) >= 11 is 1.82. The SMILES string of the molecule is CSCCN(C)C(CN)CCNC(=O)OC(C)(C)C. The number of rotatable bonds is 8. The quantitative estimate of drug-likeness (QED) is 0.710. The summed E-state index contributed by atoms with van der Waals surface area (Å²) in [5.41, 5.74) is 5.32. The Labute approximate surface area is 121 Å². The van der Waals surface area contributed by atoms with E-state index < -0.39 is 5.60 Å². The fourth-order valence-corrected chi connectivity index (χ4v) is 2.06. The maximum absolute atomic E-state index is 11.5. The Hall–Kier alpha value is -0.460. The normalized spacial score (nSPS) is 13.4. The number of hydrogen-bond acceptors (Lipinski definition) is 5. The Bertz CT molecular complexity index is 257. The van der Waals surface area contributed by atoms with E-state index in [9.17, 15) is 4.79 Å². The van der Waals surface area contributed by atoms with Gasteiger partial charge in [-0.1, -0.05) is 0 Å². The fourth-order valence-electron chi connectivity index (χ4n) is 1.59. The lowest BCUT2D eigenvalue weighted by molar-refractivity contribution is 0.0523. The lowest BCUT2D eigenvalue weighted by atomic mass is 10.2.